The Kier molecular flexibility index (Phi) is 8.05. The Bertz CT molecular complexity index is 1830. The number of amides is 1. The number of nitrogens with zero attached hydrogens (tertiary/aromatic N) is 3. The summed E-state index contributed by atoms with van der Waals surface area (Å²) in [5.41, 5.74) is 3.55. The van der Waals surface area contributed by atoms with Crippen molar-refractivity contribution in [2.75, 3.05) is 23.3 Å². The molecule has 4 heterocycles. The highest BCUT2D eigenvalue weighted by Crippen LogP contribution is 2.33. The molecular formula is C33H33BrN4O3S. The summed E-state index contributed by atoms with van der Waals surface area (Å²) < 4.78 is 9.24. The Hall–Kier alpha value is -3.69. The minimum Gasteiger partial charge on any atom is -0.440 e. The van der Waals surface area contributed by atoms with E-state index in [4.69, 9.17) is 9.41 Å². The molecule has 2 aliphatic rings. The van der Waals surface area contributed by atoms with Gasteiger partial charge in [-0.25, -0.2) is 4.99 Å². The van der Waals surface area contributed by atoms with Crippen molar-refractivity contribution in [3.05, 3.63) is 113 Å². The first-order valence-electron chi connectivity index (χ1n) is 14.3. The van der Waals surface area contributed by atoms with E-state index in [1.165, 1.54) is 23.3 Å². The predicted octanol–water partition coefficient (Wildman–Crippen LogP) is 6.34. The number of fused-ring (bicyclic) bond motifs is 1. The summed E-state index contributed by atoms with van der Waals surface area (Å²) in [5.74, 6) is 1.48. The molecule has 1 atom stereocenters. The molecule has 7 nitrogen and oxygen atoms in total. The molecule has 2 aromatic carbocycles. The Morgan fingerprint density at radius 2 is 1.81 bits per heavy atom. The second-order valence-corrected chi connectivity index (χ2v) is 12.9. The van der Waals surface area contributed by atoms with Crippen LogP contribution in [0.3, 0.4) is 0 Å². The number of hydrogen-bond donors (Lipinski definition) is 1. The van der Waals surface area contributed by atoms with Gasteiger partial charge in [-0.15, -0.1) is 0 Å². The number of allylic oxidation sites excluding steroid dienone is 1. The number of aromatic nitrogens is 1. The van der Waals surface area contributed by atoms with Gasteiger partial charge in [-0.05, 0) is 71.3 Å². The first-order chi connectivity index (χ1) is 20.3. The van der Waals surface area contributed by atoms with Crippen LogP contribution in [-0.4, -0.2) is 23.6 Å². The van der Waals surface area contributed by atoms with Crippen LogP contribution < -0.4 is 25.1 Å². The van der Waals surface area contributed by atoms with Crippen molar-refractivity contribution in [3.63, 3.8) is 0 Å². The average molecular weight is 646 g/mol. The van der Waals surface area contributed by atoms with Crippen molar-refractivity contribution in [3.8, 4) is 0 Å². The zero-order valence-corrected chi connectivity index (χ0v) is 26.3. The highest BCUT2D eigenvalue weighted by molar-refractivity contribution is 9.10. The molecule has 2 aromatic heterocycles. The Morgan fingerprint density at radius 3 is 2.50 bits per heavy atom. The summed E-state index contributed by atoms with van der Waals surface area (Å²) in [6.07, 6.45) is 5.29. The molecule has 6 rings (SSSR count). The van der Waals surface area contributed by atoms with E-state index in [9.17, 15) is 9.59 Å². The summed E-state index contributed by atoms with van der Waals surface area (Å²) in [6, 6.07) is 18.8. The van der Waals surface area contributed by atoms with Crippen LogP contribution in [0.15, 0.2) is 90.6 Å². The van der Waals surface area contributed by atoms with Gasteiger partial charge in [-0.3, -0.25) is 14.2 Å². The van der Waals surface area contributed by atoms with Gasteiger partial charge in [0.15, 0.2) is 4.80 Å². The predicted molar refractivity (Wildman–Crippen MR) is 172 cm³/mol. The quantitative estimate of drug-likeness (QED) is 0.266. The maximum absolute atomic E-state index is 14.1. The van der Waals surface area contributed by atoms with Crippen LogP contribution >= 0.6 is 27.3 Å². The van der Waals surface area contributed by atoms with Crippen LogP contribution in [-0.2, 0) is 4.79 Å². The van der Waals surface area contributed by atoms with Crippen LogP contribution in [0.2, 0.25) is 0 Å². The standard InChI is InChI=1S/C33H33BrN4O3S/c1-20(2)22-12-14-23(15-13-22)29-28(30(39)36-24-10-6-4-7-11-24)21(3)35-33-38(29)31(40)27(42-33)19-25-18-26(34)32(41-25)37-16-8-5-9-17-37/h4,6-7,10-15,18-20,29H,5,8-9,16-17H2,1-3H3,(H,36,39)/b27-19+/t29-/m0/s1. The number of anilines is 2. The summed E-state index contributed by atoms with van der Waals surface area (Å²) in [5, 5.41) is 3.01. The van der Waals surface area contributed by atoms with Gasteiger partial charge in [-0.1, -0.05) is 67.6 Å². The number of nitrogens with one attached hydrogen (secondary N) is 1. The van der Waals surface area contributed by atoms with Gasteiger partial charge in [0.2, 0.25) is 5.88 Å². The highest BCUT2D eigenvalue weighted by Gasteiger charge is 2.32. The fraction of sp³-hybridized carbons (Fsp3) is 0.303. The maximum Gasteiger partial charge on any atom is 0.271 e. The minimum atomic E-state index is -0.624. The maximum atomic E-state index is 14.1. The zero-order valence-electron chi connectivity index (χ0n) is 23.9. The monoisotopic (exact) mass is 644 g/mol. The van der Waals surface area contributed by atoms with E-state index in [-0.39, 0.29) is 11.5 Å². The molecule has 4 aromatic rings. The topological polar surface area (TPSA) is 79.8 Å². The lowest BCUT2D eigenvalue weighted by molar-refractivity contribution is -0.113. The van der Waals surface area contributed by atoms with Crippen LogP contribution in [0.25, 0.3) is 6.08 Å². The molecule has 216 valence electrons. The second-order valence-electron chi connectivity index (χ2n) is 11.1. The van der Waals surface area contributed by atoms with Gasteiger partial charge < -0.3 is 14.6 Å². The van der Waals surface area contributed by atoms with Gasteiger partial charge in [0.25, 0.3) is 11.5 Å². The lowest BCUT2D eigenvalue weighted by Crippen LogP contribution is -2.40. The van der Waals surface area contributed by atoms with E-state index in [0.717, 1.165) is 41.9 Å². The Balaban J connectivity index is 1.45. The largest absolute Gasteiger partial charge is 0.440 e. The molecule has 0 aliphatic carbocycles. The molecule has 0 radical (unpaired) electrons. The van der Waals surface area contributed by atoms with E-state index in [1.807, 2.05) is 55.5 Å². The third kappa shape index (κ3) is 5.55. The van der Waals surface area contributed by atoms with Crippen molar-refractivity contribution in [1.82, 2.24) is 4.57 Å². The fourth-order valence-corrected chi connectivity index (χ4v) is 7.18. The second kappa shape index (κ2) is 11.9. The normalized spacial score (nSPS) is 17.4. The highest BCUT2D eigenvalue weighted by atomic mass is 79.9. The number of rotatable bonds is 6. The molecule has 1 amide bonds. The van der Waals surface area contributed by atoms with Gasteiger partial charge >= 0.3 is 0 Å². The third-order valence-electron chi connectivity index (χ3n) is 7.82. The van der Waals surface area contributed by atoms with E-state index in [1.54, 1.807) is 10.6 Å². The van der Waals surface area contributed by atoms with Crippen molar-refractivity contribution in [1.29, 1.82) is 0 Å². The molecular weight excluding hydrogens is 612 g/mol. The molecule has 0 saturated carbocycles. The molecule has 42 heavy (non-hydrogen) atoms. The number of carbonyl (C=O) groups is 1. The summed E-state index contributed by atoms with van der Waals surface area (Å²) in [7, 11) is 0. The number of furan rings is 1. The molecule has 0 spiro atoms. The lowest BCUT2D eigenvalue weighted by atomic mass is 9.93. The fourth-order valence-electron chi connectivity index (χ4n) is 5.60. The number of para-hydroxylation sites is 1. The summed E-state index contributed by atoms with van der Waals surface area (Å²) in [6.45, 7) is 8.03. The average Bonchev–Trinajstić information content (AvgIpc) is 3.51. The number of benzene rings is 2. The number of halogens is 1. The zero-order chi connectivity index (χ0) is 29.4. The van der Waals surface area contributed by atoms with E-state index in [2.05, 4.69) is 52.1 Å². The molecule has 1 fully saturated rings. The van der Waals surface area contributed by atoms with Crippen LogP contribution in [0.1, 0.15) is 68.9 Å². The number of piperidine rings is 1. The van der Waals surface area contributed by atoms with Crippen molar-refractivity contribution >= 4 is 50.8 Å². The minimum absolute atomic E-state index is 0.207. The molecule has 9 heteroatoms. The molecule has 0 bridgehead atoms. The van der Waals surface area contributed by atoms with Crippen molar-refractivity contribution < 1.29 is 9.21 Å². The number of thiazole rings is 1. The molecule has 2 aliphatic heterocycles. The van der Waals surface area contributed by atoms with Crippen molar-refractivity contribution in [2.45, 2.75) is 52.0 Å². The van der Waals surface area contributed by atoms with E-state index < -0.39 is 6.04 Å². The summed E-state index contributed by atoms with van der Waals surface area (Å²) in [4.78, 5) is 35.4. The van der Waals surface area contributed by atoms with E-state index >= 15 is 0 Å². The van der Waals surface area contributed by atoms with E-state index in [0.29, 0.717) is 38.0 Å². The summed E-state index contributed by atoms with van der Waals surface area (Å²) >= 11 is 4.96. The van der Waals surface area contributed by atoms with Crippen LogP contribution in [0.5, 0.6) is 0 Å². The Morgan fingerprint density at radius 1 is 1.10 bits per heavy atom. The third-order valence-corrected chi connectivity index (χ3v) is 9.37. The number of hydrogen-bond acceptors (Lipinski definition) is 6. The number of carbonyl (C=O) groups excluding carboxylic acids is 1. The first-order valence-corrected chi connectivity index (χ1v) is 15.9. The molecule has 0 unspecified atom stereocenters. The van der Waals surface area contributed by atoms with Crippen LogP contribution in [0, 0.1) is 0 Å². The lowest BCUT2D eigenvalue weighted by Gasteiger charge is -2.26. The smallest absolute Gasteiger partial charge is 0.271 e. The van der Waals surface area contributed by atoms with Gasteiger partial charge in [0.1, 0.15) is 5.76 Å². The first kappa shape index (κ1) is 28.4. The van der Waals surface area contributed by atoms with Crippen LogP contribution in [0.4, 0.5) is 11.6 Å². The Labute approximate surface area is 257 Å². The van der Waals surface area contributed by atoms with Gasteiger partial charge in [0, 0.05) is 30.9 Å². The SMILES string of the molecule is CC1=C(C(=O)Nc2ccccc2)[C@H](c2ccc(C(C)C)cc2)n2c(s/c(=C/c3cc(Br)c(N4CCCCC4)o3)c2=O)=N1. The van der Waals surface area contributed by atoms with Gasteiger partial charge in [-0.2, -0.15) is 0 Å². The molecule has 1 N–H and O–H groups in total. The molecule has 1 saturated heterocycles. The van der Waals surface area contributed by atoms with Gasteiger partial charge in [0.05, 0.1) is 26.3 Å². The van der Waals surface area contributed by atoms with Crippen molar-refractivity contribution in [2.24, 2.45) is 4.99 Å².